The lowest BCUT2D eigenvalue weighted by molar-refractivity contribution is 0.0927. The second-order valence-corrected chi connectivity index (χ2v) is 6.25. The molecule has 0 aliphatic heterocycles. The minimum absolute atomic E-state index is 0.0259. The number of nitrogens with one attached hydrogen (secondary N) is 1. The van der Waals surface area contributed by atoms with E-state index in [1.54, 1.807) is 6.07 Å². The Morgan fingerprint density at radius 3 is 2.75 bits per heavy atom. The third-order valence-electron chi connectivity index (χ3n) is 3.14. The topological polar surface area (TPSA) is 38.3 Å². The van der Waals surface area contributed by atoms with Gasteiger partial charge in [-0.1, -0.05) is 35.8 Å². The molecule has 3 nitrogen and oxygen atoms in total. The zero-order valence-corrected chi connectivity index (χ0v) is 13.7. The van der Waals surface area contributed by atoms with E-state index in [1.807, 2.05) is 0 Å². The van der Waals surface area contributed by atoms with E-state index in [9.17, 15) is 9.18 Å². The summed E-state index contributed by atoms with van der Waals surface area (Å²) in [5.74, 6) is -0.757. The van der Waals surface area contributed by atoms with Gasteiger partial charge >= 0.3 is 0 Å². The van der Waals surface area contributed by atoms with Gasteiger partial charge in [-0.15, -0.1) is 0 Å². The van der Waals surface area contributed by atoms with Crippen molar-refractivity contribution in [2.24, 2.45) is 5.41 Å². The minimum Gasteiger partial charge on any atom is -0.496 e. The fraction of sp³-hybridized carbons (Fsp3) is 0.533. The number of methoxy groups -OCH3 is 1. The molecule has 1 rings (SSSR count). The van der Waals surface area contributed by atoms with Gasteiger partial charge in [-0.05, 0) is 30.4 Å². The normalized spacial score (nSPS) is 11.2. The first-order valence-electron chi connectivity index (χ1n) is 6.58. The first-order valence-corrected chi connectivity index (χ1v) is 7.70. The number of alkyl halides is 1. The number of carbonyl (C=O) groups is 1. The molecule has 0 heterocycles. The molecule has 0 saturated carbocycles. The van der Waals surface area contributed by atoms with Crippen LogP contribution in [0.3, 0.4) is 0 Å². The van der Waals surface area contributed by atoms with Crippen LogP contribution >= 0.6 is 15.9 Å². The summed E-state index contributed by atoms with van der Waals surface area (Å²) in [5.41, 5.74) is -0.0617. The maximum atomic E-state index is 13.8. The number of carbonyl (C=O) groups excluding carboxylic acids is 1. The van der Waals surface area contributed by atoms with E-state index < -0.39 is 11.7 Å². The molecule has 1 aromatic rings. The summed E-state index contributed by atoms with van der Waals surface area (Å²) in [6, 6.07) is 4.35. The van der Waals surface area contributed by atoms with Crippen LogP contribution in [-0.4, -0.2) is 24.9 Å². The molecule has 20 heavy (non-hydrogen) atoms. The Hall–Kier alpha value is -1.10. The Morgan fingerprint density at radius 1 is 1.45 bits per heavy atom. The molecule has 0 aromatic heterocycles. The molecule has 1 aromatic carbocycles. The maximum Gasteiger partial charge on any atom is 0.258 e. The smallest absolute Gasteiger partial charge is 0.258 e. The standard InChI is InChI=1S/C15H21BrFNO2/c1-15(2,8-5-9-16)10-18-14(19)13-11(17)6-4-7-12(13)20-3/h4,6-7H,5,8-10H2,1-3H3,(H,18,19). The highest BCUT2D eigenvalue weighted by Gasteiger charge is 2.22. The van der Waals surface area contributed by atoms with Gasteiger partial charge in [0.2, 0.25) is 0 Å². The molecule has 0 spiro atoms. The monoisotopic (exact) mass is 345 g/mol. The highest BCUT2D eigenvalue weighted by Crippen LogP contribution is 2.24. The molecule has 0 radical (unpaired) electrons. The van der Waals surface area contributed by atoms with Crippen molar-refractivity contribution in [1.82, 2.24) is 5.32 Å². The summed E-state index contributed by atoms with van der Waals surface area (Å²) in [7, 11) is 1.42. The lowest BCUT2D eigenvalue weighted by Gasteiger charge is -2.24. The van der Waals surface area contributed by atoms with Crippen LogP contribution in [0.4, 0.5) is 4.39 Å². The molecule has 0 bridgehead atoms. The number of ether oxygens (including phenoxy) is 1. The van der Waals surface area contributed by atoms with E-state index >= 15 is 0 Å². The van der Waals surface area contributed by atoms with Crippen LogP contribution in [0.15, 0.2) is 18.2 Å². The Kier molecular flexibility index (Phi) is 6.46. The Balaban J connectivity index is 2.73. The van der Waals surface area contributed by atoms with Crippen molar-refractivity contribution in [3.63, 3.8) is 0 Å². The predicted octanol–water partition coefficient (Wildman–Crippen LogP) is 3.77. The molecule has 0 saturated heterocycles. The van der Waals surface area contributed by atoms with Gasteiger partial charge in [-0.25, -0.2) is 4.39 Å². The quantitative estimate of drug-likeness (QED) is 0.764. The number of rotatable bonds is 7. The Bertz CT molecular complexity index is 463. The van der Waals surface area contributed by atoms with Crippen LogP contribution < -0.4 is 10.1 Å². The van der Waals surface area contributed by atoms with Crippen molar-refractivity contribution in [1.29, 1.82) is 0 Å². The molecule has 5 heteroatoms. The van der Waals surface area contributed by atoms with Crippen molar-refractivity contribution in [2.45, 2.75) is 26.7 Å². The zero-order chi connectivity index (χ0) is 15.2. The number of benzene rings is 1. The van der Waals surface area contributed by atoms with E-state index in [1.165, 1.54) is 19.2 Å². The van der Waals surface area contributed by atoms with Gasteiger partial charge in [0, 0.05) is 11.9 Å². The van der Waals surface area contributed by atoms with E-state index in [-0.39, 0.29) is 16.7 Å². The van der Waals surface area contributed by atoms with Crippen molar-refractivity contribution in [3.8, 4) is 5.75 Å². The average molecular weight is 346 g/mol. The van der Waals surface area contributed by atoms with E-state index in [0.29, 0.717) is 6.54 Å². The van der Waals surface area contributed by atoms with Gasteiger partial charge in [-0.3, -0.25) is 4.79 Å². The molecular weight excluding hydrogens is 325 g/mol. The zero-order valence-electron chi connectivity index (χ0n) is 12.1. The fourth-order valence-corrected chi connectivity index (χ4v) is 2.22. The Morgan fingerprint density at radius 2 is 2.15 bits per heavy atom. The molecule has 0 unspecified atom stereocenters. The second kappa shape index (κ2) is 7.62. The molecule has 1 N–H and O–H groups in total. The number of hydrogen-bond donors (Lipinski definition) is 1. The molecule has 0 atom stereocenters. The third kappa shape index (κ3) is 4.78. The fourth-order valence-electron chi connectivity index (χ4n) is 1.94. The highest BCUT2D eigenvalue weighted by atomic mass is 79.9. The van der Waals surface area contributed by atoms with Gasteiger partial charge in [0.1, 0.15) is 17.1 Å². The van der Waals surface area contributed by atoms with Crippen LogP contribution in [0.25, 0.3) is 0 Å². The number of amides is 1. The Labute approximate surface area is 128 Å². The summed E-state index contributed by atoms with van der Waals surface area (Å²) in [5, 5.41) is 3.73. The summed E-state index contributed by atoms with van der Waals surface area (Å²) >= 11 is 3.39. The minimum atomic E-state index is -0.569. The number of halogens is 2. The predicted molar refractivity (Wildman–Crippen MR) is 82.1 cm³/mol. The van der Waals surface area contributed by atoms with Crippen molar-refractivity contribution in [2.75, 3.05) is 19.0 Å². The lowest BCUT2D eigenvalue weighted by atomic mass is 9.88. The van der Waals surface area contributed by atoms with E-state index in [0.717, 1.165) is 18.2 Å². The third-order valence-corrected chi connectivity index (χ3v) is 3.70. The first-order chi connectivity index (χ1) is 9.41. The average Bonchev–Trinajstić information content (AvgIpc) is 2.42. The summed E-state index contributed by atoms with van der Waals surface area (Å²) < 4.78 is 18.8. The van der Waals surface area contributed by atoms with E-state index in [2.05, 4.69) is 35.1 Å². The molecule has 0 fully saturated rings. The molecule has 112 valence electrons. The van der Waals surface area contributed by atoms with Crippen LogP contribution in [-0.2, 0) is 0 Å². The molecule has 0 aliphatic rings. The van der Waals surface area contributed by atoms with Crippen molar-refractivity contribution >= 4 is 21.8 Å². The van der Waals surface area contributed by atoms with Gasteiger partial charge in [0.15, 0.2) is 0 Å². The van der Waals surface area contributed by atoms with Crippen LogP contribution in [0.5, 0.6) is 5.75 Å². The first kappa shape index (κ1) is 17.0. The SMILES string of the molecule is COc1cccc(F)c1C(=O)NCC(C)(C)CCCBr. The van der Waals surface area contributed by atoms with Gasteiger partial charge in [0.05, 0.1) is 7.11 Å². The maximum absolute atomic E-state index is 13.8. The molecule has 0 aliphatic carbocycles. The molecular formula is C15H21BrFNO2. The van der Waals surface area contributed by atoms with Gasteiger partial charge in [0.25, 0.3) is 5.91 Å². The molecule has 1 amide bonds. The van der Waals surface area contributed by atoms with Crippen molar-refractivity contribution < 1.29 is 13.9 Å². The van der Waals surface area contributed by atoms with Crippen LogP contribution in [0.1, 0.15) is 37.0 Å². The summed E-state index contributed by atoms with van der Waals surface area (Å²) in [6.07, 6.45) is 2.01. The van der Waals surface area contributed by atoms with Crippen LogP contribution in [0, 0.1) is 11.2 Å². The summed E-state index contributed by atoms with van der Waals surface area (Å²) in [4.78, 5) is 12.1. The lowest BCUT2D eigenvalue weighted by Crippen LogP contribution is -2.34. The second-order valence-electron chi connectivity index (χ2n) is 5.46. The van der Waals surface area contributed by atoms with Gasteiger partial charge in [-0.2, -0.15) is 0 Å². The van der Waals surface area contributed by atoms with E-state index in [4.69, 9.17) is 4.74 Å². The van der Waals surface area contributed by atoms with Crippen LogP contribution in [0.2, 0.25) is 0 Å². The summed E-state index contributed by atoms with van der Waals surface area (Å²) in [6.45, 7) is 4.65. The van der Waals surface area contributed by atoms with Crippen molar-refractivity contribution in [3.05, 3.63) is 29.6 Å². The van der Waals surface area contributed by atoms with Gasteiger partial charge < -0.3 is 10.1 Å². The highest BCUT2D eigenvalue weighted by molar-refractivity contribution is 9.09. The largest absolute Gasteiger partial charge is 0.496 e. The number of hydrogen-bond acceptors (Lipinski definition) is 2.